The highest BCUT2D eigenvalue weighted by molar-refractivity contribution is 5.91. The van der Waals surface area contributed by atoms with Gasteiger partial charge in [-0.1, -0.05) is 6.07 Å². The van der Waals surface area contributed by atoms with Gasteiger partial charge in [-0.3, -0.25) is 4.79 Å². The van der Waals surface area contributed by atoms with Crippen molar-refractivity contribution < 1.29 is 33.7 Å². The fraction of sp³-hybridized carbons (Fsp3) is 0.312. The van der Waals surface area contributed by atoms with Gasteiger partial charge in [0.2, 0.25) is 0 Å². The van der Waals surface area contributed by atoms with Crippen molar-refractivity contribution in [2.75, 3.05) is 13.2 Å². The molecular weight excluding hydrogens is 304 g/mol. The van der Waals surface area contributed by atoms with E-state index in [9.17, 15) is 19.5 Å². The summed E-state index contributed by atoms with van der Waals surface area (Å²) in [6.45, 7) is 1.89. The molecule has 23 heavy (non-hydrogen) atoms. The van der Waals surface area contributed by atoms with Crippen LogP contribution in [0.2, 0.25) is 0 Å². The van der Waals surface area contributed by atoms with Gasteiger partial charge in [0.1, 0.15) is 11.5 Å². The van der Waals surface area contributed by atoms with Gasteiger partial charge in [0.05, 0.1) is 13.2 Å². The standard InChI is InChI=1S/C16H18O7/c1-2-21-14(18)8-9-15(19)22-10-4-7-16(20)23-13-6-3-5-12(17)11-13/h3,5-6,8-9,11,17H,2,4,7,10H2,1H3. The molecule has 0 aliphatic rings. The molecule has 0 heterocycles. The lowest BCUT2D eigenvalue weighted by Gasteiger charge is -2.05. The second-order valence-electron chi connectivity index (χ2n) is 4.33. The first-order valence-electron chi connectivity index (χ1n) is 7.02. The maximum Gasteiger partial charge on any atom is 0.331 e. The van der Waals surface area contributed by atoms with Crippen LogP contribution in [0.4, 0.5) is 0 Å². The fourth-order valence-corrected chi connectivity index (χ4v) is 1.49. The smallest absolute Gasteiger partial charge is 0.331 e. The van der Waals surface area contributed by atoms with Gasteiger partial charge in [0.15, 0.2) is 0 Å². The molecule has 0 aliphatic carbocycles. The summed E-state index contributed by atoms with van der Waals surface area (Å²) in [5.41, 5.74) is 0. The first-order valence-corrected chi connectivity index (χ1v) is 7.02. The van der Waals surface area contributed by atoms with Crippen LogP contribution in [0.1, 0.15) is 19.8 Å². The molecule has 0 bridgehead atoms. The van der Waals surface area contributed by atoms with Gasteiger partial charge < -0.3 is 19.3 Å². The SMILES string of the molecule is CCOC(=O)C=CC(=O)OCCCC(=O)Oc1cccc(O)c1. The Labute approximate surface area is 133 Å². The topological polar surface area (TPSA) is 99.1 Å². The third-order valence-electron chi connectivity index (χ3n) is 2.46. The molecule has 1 aromatic carbocycles. The second-order valence-corrected chi connectivity index (χ2v) is 4.33. The average Bonchev–Trinajstić information content (AvgIpc) is 2.50. The predicted molar refractivity (Wildman–Crippen MR) is 79.7 cm³/mol. The molecule has 1 N–H and O–H groups in total. The number of ether oxygens (including phenoxy) is 3. The van der Waals surface area contributed by atoms with E-state index in [4.69, 9.17) is 9.47 Å². The fourth-order valence-electron chi connectivity index (χ4n) is 1.49. The van der Waals surface area contributed by atoms with Crippen LogP contribution in [-0.2, 0) is 23.9 Å². The van der Waals surface area contributed by atoms with Gasteiger partial charge in [-0.15, -0.1) is 0 Å². The van der Waals surface area contributed by atoms with E-state index in [1.807, 2.05) is 0 Å². The van der Waals surface area contributed by atoms with E-state index in [0.717, 1.165) is 12.2 Å². The molecule has 0 spiro atoms. The van der Waals surface area contributed by atoms with E-state index >= 15 is 0 Å². The Morgan fingerprint density at radius 1 is 1.13 bits per heavy atom. The van der Waals surface area contributed by atoms with Crippen LogP contribution < -0.4 is 4.74 Å². The van der Waals surface area contributed by atoms with Gasteiger partial charge in [0.25, 0.3) is 0 Å². The largest absolute Gasteiger partial charge is 0.508 e. The summed E-state index contributed by atoms with van der Waals surface area (Å²) in [6, 6.07) is 5.87. The Bertz CT molecular complexity index is 578. The van der Waals surface area contributed by atoms with Crippen molar-refractivity contribution in [3.05, 3.63) is 36.4 Å². The molecule has 0 unspecified atom stereocenters. The molecular formula is C16H18O7. The van der Waals surface area contributed by atoms with Crippen molar-refractivity contribution in [1.82, 2.24) is 0 Å². The van der Waals surface area contributed by atoms with E-state index < -0.39 is 17.9 Å². The molecule has 0 atom stereocenters. The summed E-state index contributed by atoms with van der Waals surface area (Å²) in [5.74, 6) is -1.59. The van der Waals surface area contributed by atoms with Crippen molar-refractivity contribution in [2.24, 2.45) is 0 Å². The molecule has 1 aromatic rings. The first kappa shape index (κ1) is 18.2. The maximum absolute atomic E-state index is 11.5. The molecule has 0 amide bonds. The van der Waals surface area contributed by atoms with E-state index in [1.54, 1.807) is 13.0 Å². The van der Waals surface area contributed by atoms with Crippen molar-refractivity contribution >= 4 is 17.9 Å². The number of aromatic hydroxyl groups is 1. The summed E-state index contributed by atoms with van der Waals surface area (Å²) in [6.07, 6.45) is 2.26. The Kier molecular flexibility index (Phi) is 7.91. The molecule has 0 fully saturated rings. The number of rotatable bonds is 8. The van der Waals surface area contributed by atoms with Crippen LogP contribution in [-0.4, -0.2) is 36.2 Å². The number of esters is 3. The number of phenols is 1. The predicted octanol–water partition coefficient (Wildman–Crippen LogP) is 1.74. The van der Waals surface area contributed by atoms with Gasteiger partial charge in [-0.2, -0.15) is 0 Å². The third kappa shape index (κ3) is 8.25. The zero-order valence-corrected chi connectivity index (χ0v) is 12.7. The molecule has 0 aliphatic heterocycles. The molecule has 0 aromatic heterocycles. The Balaban J connectivity index is 2.20. The Morgan fingerprint density at radius 3 is 2.48 bits per heavy atom. The molecule has 1 rings (SSSR count). The zero-order valence-electron chi connectivity index (χ0n) is 12.7. The molecule has 124 valence electrons. The van der Waals surface area contributed by atoms with E-state index in [1.165, 1.54) is 18.2 Å². The number of benzene rings is 1. The van der Waals surface area contributed by atoms with E-state index in [0.29, 0.717) is 0 Å². The summed E-state index contributed by atoms with van der Waals surface area (Å²) < 4.78 is 14.4. The van der Waals surface area contributed by atoms with E-state index in [2.05, 4.69) is 4.74 Å². The van der Waals surface area contributed by atoms with Crippen LogP contribution in [0, 0.1) is 0 Å². The molecule has 0 saturated carbocycles. The molecule has 7 nitrogen and oxygen atoms in total. The summed E-state index contributed by atoms with van der Waals surface area (Å²) in [5, 5.41) is 9.24. The van der Waals surface area contributed by atoms with Gasteiger partial charge in [-0.05, 0) is 25.5 Å². The summed E-state index contributed by atoms with van der Waals surface area (Å²) in [4.78, 5) is 33.8. The number of hydrogen-bond donors (Lipinski definition) is 1. The quantitative estimate of drug-likeness (QED) is 0.337. The van der Waals surface area contributed by atoms with Crippen LogP contribution in [0.15, 0.2) is 36.4 Å². The second kappa shape index (κ2) is 9.99. The Morgan fingerprint density at radius 2 is 1.83 bits per heavy atom. The van der Waals surface area contributed by atoms with Crippen LogP contribution in [0.25, 0.3) is 0 Å². The number of carbonyl (C=O) groups is 3. The monoisotopic (exact) mass is 322 g/mol. The maximum atomic E-state index is 11.5. The minimum atomic E-state index is -0.695. The minimum Gasteiger partial charge on any atom is -0.508 e. The highest BCUT2D eigenvalue weighted by Gasteiger charge is 2.06. The molecule has 0 radical (unpaired) electrons. The van der Waals surface area contributed by atoms with Crippen molar-refractivity contribution in [3.63, 3.8) is 0 Å². The zero-order chi connectivity index (χ0) is 17.1. The number of carbonyl (C=O) groups excluding carboxylic acids is 3. The first-order chi connectivity index (χ1) is 11.0. The highest BCUT2D eigenvalue weighted by atomic mass is 16.5. The lowest BCUT2D eigenvalue weighted by molar-refractivity contribution is -0.141. The highest BCUT2D eigenvalue weighted by Crippen LogP contribution is 2.18. The summed E-state index contributed by atoms with van der Waals surface area (Å²) in [7, 11) is 0. The average molecular weight is 322 g/mol. The Hall–Kier alpha value is -2.83. The number of hydrogen-bond acceptors (Lipinski definition) is 7. The van der Waals surface area contributed by atoms with Crippen LogP contribution >= 0.6 is 0 Å². The van der Waals surface area contributed by atoms with Crippen LogP contribution in [0.3, 0.4) is 0 Å². The van der Waals surface area contributed by atoms with Gasteiger partial charge in [0, 0.05) is 24.6 Å². The van der Waals surface area contributed by atoms with Gasteiger partial charge >= 0.3 is 17.9 Å². The van der Waals surface area contributed by atoms with Crippen molar-refractivity contribution in [1.29, 1.82) is 0 Å². The normalized spacial score (nSPS) is 10.3. The third-order valence-corrected chi connectivity index (χ3v) is 2.46. The lowest BCUT2D eigenvalue weighted by Crippen LogP contribution is -2.10. The summed E-state index contributed by atoms with van der Waals surface area (Å²) >= 11 is 0. The minimum absolute atomic E-state index is 0.00221. The van der Waals surface area contributed by atoms with Gasteiger partial charge in [-0.25, -0.2) is 9.59 Å². The van der Waals surface area contributed by atoms with Crippen molar-refractivity contribution in [3.8, 4) is 11.5 Å². The van der Waals surface area contributed by atoms with Crippen LogP contribution in [0.5, 0.6) is 11.5 Å². The van der Waals surface area contributed by atoms with Crippen molar-refractivity contribution in [2.45, 2.75) is 19.8 Å². The molecule has 0 saturated heterocycles. The lowest BCUT2D eigenvalue weighted by atomic mass is 10.3. The van der Waals surface area contributed by atoms with E-state index in [-0.39, 0.29) is 37.6 Å². The molecule has 7 heteroatoms. The number of phenolic OH excluding ortho intramolecular Hbond substituents is 1.